The van der Waals surface area contributed by atoms with Crippen LogP contribution in [0.3, 0.4) is 0 Å². The maximum absolute atomic E-state index is 9.20. The Morgan fingerprint density at radius 1 is 1.43 bits per heavy atom. The number of hydrogen-bond acceptors (Lipinski definition) is 3. The fourth-order valence-electron chi connectivity index (χ4n) is 1.38. The SMILES string of the molecule is COc1cc2cc(I)cc(CO)c2s1. The lowest BCUT2D eigenvalue weighted by molar-refractivity contribution is 0.283. The Bertz CT molecular complexity index is 464. The van der Waals surface area contributed by atoms with Crippen LogP contribution in [-0.2, 0) is 6.61 Å². The standard InChI is InChI=1S/C10H9IO2S/c1-13-9-4-6-2-8(11)3-7(5-12)10(6)14-9/h2-4,12H,5H2,1H3. The molecular weight excluding hydrogens is 311 g/mol. The smallest absolute Gasteiger partial charge is 0.174 e. The van der Waals surface area contributed by atoms with Crippen molar-refractivity contribution in [1.29, 1.82) is 0 Å². The van der Waals surface area contributed by atoms with Crippen molar-refractivity contribution in [3.05, 3.63) is 27.3 Å². The minimum Gasteiger partial charge on any atom is -0.487 e. The number of fused-ring (bicyclic) bond motifs is 1. The molecule has 2 nitrogen and oxygen atoms in total. The predicted molar refractivity (Wildman–Crippen MR) is 67.0 cm³/mol. The number of rotatable bonds is 2. The quantitative estimate of drug-likeness (QED) is 0.862. The van der Waals surface area contributed by atoms with Crippen molar-refractivity contribution >= 4 is 44.0 Å². The molecule has 0 radical (unpaired) electrons. The van der Waals surface area contributed by atoms with Crippen molar-refractivity contribution < 1.29 is 9.84 Å². The minimum absolute atomic E-state index is 0.0804. The van der Waals surface area contributed by atoms with Gasteiger partial charge in [0.25, 0.3) is 0 Å². The minimum atomic E-state index is 0.0804. The average Bonchev–Trinajstić information content (AvgIpc) is 2.59. The van der Waals surface area contributed by atoms with Crippen LogP contribution in [0, 0.1) is 3.57 Å². The molecule has 0 fully saturated rings. The van der Waals surface area contributed by atoms with E-state index in [4.69, 9.17) is 4.74 Å². The maximum Gasteiger partial charge on any atom is 0.174 e. The van der Waals surface area contributed by atoms with Crippen LogP contribution in [0.4, 0.5) is 0 Å². The van der Waals surface area contributed by atoms with E-state index in [1.807, 2.05) is 12.1 Å². The van der Waals surface area contributed by atoms with Gasteiger partial charge < -0.3 is 9.84 Å². The first-order valence-electron chi connectivity index (χ1n) is 4.11. The third-order valence-electron chi connectivity index (χ3n) is 2.01. The molecule has 0 aliphatic heterocycles. The summed E-state index contributed by atoms with van der Waals surface area (Å²) in [4.78, 5) is 0. The first kappa shape index (κ1) is 10.2. The second kappa shape index (κ2) is 4.04. The molecule has 0 amide bonds. The van der Waals surface area contributed by atoms with Gasteiger partial charge in [-0.05, 0) is 51.7 Å². The topological polar surface area (TPSA) is 29.5 Å². The van der Waals surface area contributed by atoms with Crippen molar-refractivity contribution in [2.45, 2.75) is 6.61 Å². The number of benzene rings is 1. The summed E-state index contributed by atoms with van der Waals surface area (Å²) >= 11 is 3.82. The van der Waals surface area contributed by atoms with Crippen LogP contribution in [0.2, 0.25) is 0 Å². The number of thiophene rings is 1. The zero-order valence-electron chi connectivity index (χ0n) is 7.58. The van der Waals surface area contributed by atoms with Gasteiger partial charge in [-0.2, -0.15) is 0 Å². The zero-order valence-corrected chi connectivity index (χ0v) is 10.6. The molecule has 2 aromatic rings. The molecule has 1 heterocycles. The molecule has 4 heteroatoms. The molecule has 1 N–H and O–H groups in total. The van der Waals surface area contributed by atoms with Crippen LogP contribution in [0.15, 0.2) is 18.2 Å². The van der Waals surface area contributed by atoms with Gasteiger partial charge in [-0.25, -0.2) is 0 Å². The Labute approximate surface area is 99.7 Å². The van der Waals surface area contributed by atoms with E-state index in [9.17, 15) is 5.11 Å². The molecule has 0 spiro atoms. The highest BCUT2D eigenvalue weighted by Gasteiger charge is 2.07. The molecule has 74 valence electrons. The van der Waals surface area contributed by atoms with E-state index in [2.05, 4.69) is 28.7 Å². The molecule has 0 aliphatic rings. The van der Waals surface area contributed by atoms with Gasteiger partial charge in [-0.15, -0.1) is 0 Å². The molecule has 14 heavy (non-hydrogen) atoms. The van der Waals surface area contributed by atoms with Gasteiger partial charge in [0.2, 0.25) is 0 Å². The molecule has 0 bridgehead atoms. The number of aliphatic hydroxyl groups is 1. The second-order valence-electron chi connectivity index (χ2n) is 2.91. The normalized spacial score (nSPS) is 10.8. The summed E-state index contributed by atoms with van der Waals surface area (Å²) in [6.45, 7) is 0.0804. The van der Waals surface area contributed by atoms with Crippen molar-refractivity contribution in [1.82, 2.24) is 0 Å². The van der Waals surface area contributed by atoms with Gasteiger partial charge in [-0.3, -0.25) is 0 Å². The van der Waals surface area contributed by atoms with E-state index >= 15 is 0 Å². The van der Waals surface area contributed by atoms with Gasteiger partial charge in [0, 0.05) is 8.27 Å². The average molecular weight is 320 g/mol. The van der Waals surface area contributed by atoms with Crippen molar-refractivity contribution in [2.24, 2.45) is 0 Å². The molecule has 2 rings (SSSR count). The molecular formula is C10H9IO2S. The van der Waals surface area contributed by atoms with Gasteiger partial charge in [0.15, 0.2) is 5.06 Å². The van der Waals surface area contributed by atoms with Gasteiger partial charge >= 0.3 is 0 Å². The first-order valence-corrected chi connectivity index (χ1v) is 6.01. The van der Waals surface area contributed by atoms with E-state index in [-0.39, 0.29) is 6.61 Å². The number of aliphatic hydroxyl groups excluding tert-OH is 1. The van der Waals surface area contributed by atoms with Gasteiger partial charge in [0.1, 0.15) is 0 Å². The Morgan fingerprint density at radius 2 is 2.21 bits per heavy atom. The van der Waals surface area contributed by atoms with Crippen LogP contribution in [0.5, 0.6) is 5.06 Å². The molecule has 0 aliphatic carbocycles. The highest BCUT2D eigenvalue weighted by Crippen LogP contribution is 2.35. The first-order chi connectivity index (χ1) is 6.74. The largest absolute Gasteiger partial charge is 0.487 e. The summed E-state index contributed by atoms with van der Waals surface area (Å²) in [5.74, 6) is 0. The Kier molecular flexibility index (Phi) is 2.94. The summed E-state index contributed by atoms with van der Waals surface area (Å²) in [5.41, 5.74) is 0.972. The number of hydrogen-bond donors (Lipinski definition) is 1. The molecule has 1 aromatic carbocycles. The summed E-state index contributed by atoms with van der Waals surface area (Å²) < 4.78 is 7.43. The van der Waals surface area contributed by atoms with Crippen LogP contribution < -0.4 is 4.74 Å². The highest BCUT2D eigenvalue weighted by molar-refractivity contribution is 14.1. The summed E-state index contributed by atoms with van der Waals surface area (Å²) in [5, 5.41) is 11.2. The summed E-state index contributed by atoms with van der Waals surface area (Å²) in [6, 6.07) is 6.09. The summed E-state index contributed by atoms with van der Waals surface area (Å²) in [6.07, 6.45) is 0. The number of methoxy groups -OCH3 is 1. The second-order valence-corrected chi connectivity index (χ2v) is 5.17. The highest BCUT2D eigenvalue weighted by atomic mass is 127. The molecule has 1 aromatic heterocycles. The lowest BCUT2D eigenvalue weighted by atomic mass is 10.2. The van der Waals surface area contributed by atoms with E-state index in [1.54, 1.807) is 18.4 Å². The number of ether oxygens (including phenoxy) is 1. The van der Waals surface area contributed by atoms with Crippen molar-refractivity contribution in [3.63, 3.8) is 0 Å². The lowest BCUT2D eigenvalue weighted by Crippen LogP contribution is -1.83. The lowest BCUT2D eigenvalue weighted by Gasteiger charge is -1.99. The van der Waals surface area contributed by atoms with Gasteiger partial charge in [-0.1, -0.05) is 11.3 Å². The van der Waals surface area contributed by atoms with Gasteiger partial charge in [0.05, 0.1) is 13.7 Å². The molecule has 0 saturated heterocycles. The van der Waals surface area contributed by atoms with Crippen molar-refractivity contribution in [3.8, 4) is 5.06 Å². The van der Waals surface area contributed by atoms with Crippen molar-refractivity contribution in [2.75, 3.05) is 7.11 Å². The molecule has 0 unspecified atom stereocenters. The zero-order chi connectivity index (χ0) is 10.1. The van der Waals surface area contributed by atoms with Crippen LogP contribution in [0.25, 0.3) is 10.1 Å². The van der Waals surface area contributed by atoms with E-state index in [1.165, 1.54) is 0 Å². The fraction of sp³-hybridized carbons (Fsp3) is 0.200. The third kappa shape index (κ3) is 1.74. The van der Waals surface area contributed by atoms with E-state index in [0.29, 0.717) is 0 Å². The fourth-order valence-corrected chi connectivity index (χ4v) is 3.05. The van der Waals surface area contributed by atoms with Crippen LogP contribution >= 0.6 is 33.9 Å². The maximum atomic E-state index is 9.20. The van der Waals surface area contributed by atoms with E-state index in [0.717, 1.165) is 24.3 Å². The summed E-state index contributed by atoms with van der Waals surface area (Å²) in [7, 11) is 1.66. The Morgan fingerprint density at radius 3 is 2.86 bits per heavy atom. The molecule has 0 atom stereocenters. The van der Waals surface area contributed by atoms with Crippen LogP contribution in [0.1, 0.15) is 5.56 Å². The monoisotopic (exact) mass is 320 g/mol. The molecule has 0 saturated carbocycles. The third-order valence-corrected chi connectivity index (χ3v) is 3.82. The Hall–Kier alpha value is -0.330. The Balaban J connectivity index is 2.71. The van der Waals surface area contributed by atoms with Crippen LogP contribution in [-0.4, -0.2) is 12.2 Å². The number of halogens is 1. The predicted octanol–water partition coefficient (Wildman–Crippen LogP) is 3.01. The van der Waals surface area contributed by atoms with E-state index < -0.39 is 0 Å².